The molecule has 0 saturated carbocycles. The zero-order valence-electron chi connectivity index (χ0n) is 16.7. The second-order valence-corrected chi connectivity index (χ2v) is 7.20. The zero-order chi connectivity index (χ0) is 22.0. The van der Waals surface area contributed by atoms with E-state index in [1.807, 2.05) is 6.92 Å². The summed E-state index contributed by atoms with van der Waals surface area (Å²) in [5.41, 5.74) is 1.44. The molecule has 9 heteroatoms. The Morgan fingerprint density at radius 3 is 2.13 bits per heavy atom. The highest BCUT2D eigenvalue weighted by atomic mass is 79.9. The Balaban J connectivity index is 2.07. The fraction of sp³-hybridized carbons (Fsp3) is 0.190. The van der Waals surface area contributed by atoms with Crippen LogP contribution in [0.5, 0.6) is 17.2 Å². The molecule has 0 radical (unpaired) electrons. The maximum atomic E-state index is 13.1. The number of imide groups is 2. The molecule has 4 amide bonds. The van der Waals surface area contributed by atoms with E-state index in [9.17, 15) is 14.4 Å². The first-order valence-corrected chi connectivity index (χ1v) is 9.57. The van der Waals surface area contributed by atoms with Crippen molar-refractivity contribution in [3.05, 3.63) is 51.5 Å². The van der Waals surface area contributed by atoms with Gasteiger partial charge in [0.1, 0.15) is 5.57 Å². The van der Waals surface area contributed by atoms with Gasteiger partial charge in [0, 0.05) is 4.47 Å². The van der Waals surface area contributed by atoms with Crippen LogP contribution in [0.25, 0.3) is 6.08 Å². The number of anilines is 1. The van der Waals surface area contributed by atoms with Crippen LogP contribution >= 0.6 is 15.9 Å². The molecule has 1 fully saturated rings. The number of halogens is 1. The normalized spacial score (nSPS) is 15.3. The average Bonchev–Trinajstić information content (AvgIpc) is 2.72. The van der Waals surface area contributed by atoms with Crippen molar-refractivity contribution < 1.29 is 28.6 Å². The Morgan fingerprint density at radius 1 is 0.967 bits per heavy atom. The van der Waals surface area contributed by atoms with Crippen LogP contribution in [-0.4, -0.2) is 39.2 Å². The van der Waals surface area contributed by atoms with Crippen LogP contribution in [0.3, 0.4) is 0 Å². The molecule has 30 heavy (non-hydrogen) atoms. The predicted octanol–water partition coefficient (Wildman–Crippen LogP) is 3.45. The summed E-state index contributed by atoms with van der Waals surface area (Å²) in [6.45, 7) is 1.83. The average molecular weight is 475 g/mol. The molecule has 0 atom stereocenters. The van der Waals surface area contributed by atoms with Crippen LogP contribution in [0, 0.1) is 6.92 Å². The van der Waals surface area contributed by atoms with Gasteiger partial charge in [0.05, 0.1) is 27.0 Å². The van der Waals surface area contributed by atoms with Gasteiger partial charge in [-0.15, -0.1) is 0 Å². The van der Waals surface area contributed by atoms with Crippen LogP contribution in [0.2, 0.25) is 0 Å². The van der Waals surface area contributed by atoms with Gasteiger partial charge in [0.2, 0.25) is 5.75 Å². The van der Waals surface area contributed by atoms with Crippen molar-refractivity contribution in [2.45, 2.75) is 6.92 Å². The summed E-state index contributed by atoms with van der Waals surface area (Å²) < 4.78 is 16.7. The lowest BCUT2D eigenvalue weighted by Gasteiger charge is -2.26. The quantitative estimate of drug-likeness (QED) is 0.526. The number of ether oxygens (including phenoxy) is 3. The smallest absolute Gasteiger partial charge is 0.335 e. The van der Waals surface area contributed by atoms with Crippen molar-refractivity contribution in [2.24, 2.45) is 0 Å². The number of benzene rings is 2. The van der Waals surface area contributed by atoms with Gasteiger partial charge in [0.15, 0.2) is 11.5 Å². The molecule has 0 unspecified atom stereocenters. The number of methoxy groups -OCH3 is 3. The summed E-state index contributed by atoms with van der Waals surface area (Å²) >= 11 is 3.38. The highest BCUT2D eigenvalue weighted by Gasteiger charge is 2.37. The molecule has 0 spiro atoms. The second kappa shape index (κ2) is 8.58. The highest BCUT2D eigenvalue weighted by molar-refractivity contribution is 9.10. The summed E-state index contributed by atoms with van der Waals surface area (Å²) in [6, 6.07) is 7.40. The summed E-state index contributed by atoms with van der Waals surface area (Å²) in [6.07, 6.45) is 1.37. The van der Waals surface area contributed by atoms with Gasteiger partial charge in [-0.3, -0.25) is 14.9 Å². The molecule has 1 aliphatic heterocycles. The Kier molecular flexibility index (Phi) is 6.12. The minimum absolute atomic E-state index is 0.204. The van der Waals surface area contributed by atoms with E-state index in [1.165, 1.54) is 27.4 Å². The summed E-state index contributed by atoms with van der Waals surface area (Å²) in [5, 5.41) is 2.20. The van der Waals surface area contributed by atoms with Gasteiger partial charge in [-0.1, -0.05) is 15.9 Å². The first kappa shape index (κ1) is 21.4. The molecule has 3 rings (SSSR count). The number of carbonyl (C=O) groups is 3. The number of barbiturate groups is 1. The first-order valence-electron chi connectivity index (χ1n) is 8.78. The topological polar surface area (TPSA) is 94.2 Å². The Morgan fingerprint density at radius 2 is 1.60 bits per heavy atom. The van der Waals surface area contributed by atoms with Crippen molar-refractivity contribution in [3.8, 4) is 17.2 Å². The Labute approximate surface area is 181 Å². The largest absolute Gasteiger partial charge is 0.493 e. The summed E-state index contributed by atoms with van der Waals surface area (Å²) in [4.78, 5) is 38.8. The highest BCUT2D eigenvalue weighted by Crippen LogP contribution is 2.39. The van der Waals surface area contributed by atoms with E-state index in [0.29, 0.717) is 28.5 Å². The fourth-order valence-corrected chi connectivity index (χ4v) is 3.26. The van der Waals surface area contributed by atoms with E-state index in [-0.39, 0.29) is 5.57 Å². The maximum absolute atomic E-state index is 13.1. The van der Waals surface area contributed by atoms with Crippen molar-refractivity contribution in [1.82, 2.24) is 5.32 Å². The van der Waals surface area contributed by atoms with Crippen molar-refractivity contribution >= 4 is 45.5 Å². The Bertz CT molecular complexity index is 1050. The van der Waals surface area contributed by atoms with E-state index >= 15 is 0 Å². The Hall–Kier alpha value is -3.33. The minimum atomic E-state index is -0.811. The molecule has 1 saturated heterocycles. The van der Waals surface area contributed by atoms with Gasteiger partial charge in [-0.25, -0.2) is 9.69 Å². The third kappa shape index (κ3) is 3.88. The molecular weight excluding hydrogens is 456 g/mol. The molecule has 1 N–H and O–H groups in total. The van der Waals surface area contributed by atoms with Gasteiger partial charge in [-0.2, -0.15) is 0 Å². The second-order valence-electron chi connectivity index (χ2n) is 6.35. The van der Waals surface area contributed by atoms with Gasteiger partial charge >= 0.3 is 6.03 Å². The lowest BCUT2D eigenvalue weighted by atomic mass is 10.1. The standard InChI is InChI=1S/C21H19BrN2O6/c1-11-7-13(5-6-15(11)22)24-20(26)14(19(25)23-21(24)27)8-12-9-16(28-2)18(30-4)17(10-12)29-3/h5-10H,1-4H3,(H,23,25,27)/b14-8+. The third-order valence-electron chi connectivity index (χ3n) is 4.50. The van der Waals surface area contributed by atoms with E-state index in [4.69, 9.17) is 14.2 Å². The maximum Gasteiger partial charge on any atom is 0.335 e. The van der Waals surface area contributed by atoms with Crippen LogP contribution < -0.4 is 24.4 Å². The number of nitrogens with one attached hydrogen (secondary N) is 1. The molecule has 1 heterocycles. The van der Waals surface area contributed by atoms with E-state index < -0.39 is 17.8 Å². The molecule has 8 nitrogen and oxygen atoms in total. The molecule has 0 bridgehead atoms. The predicted molar refractivity (Wildman–Crippen MR) is 114 cm³/mol. The lowest BCUT2D eigenvalue weighted by molar-refractivity contribution is -0.122. The molecule has 156 valence electrons. The van der Waals surface area contributed by atoms with Crippen LogP contribution in [0.1, 0.15) is 11.1 Å². The van der Waals surface area contributed by atoms with E-state index in [1.54, 1.807) is 30.3 Å². The van der Waals surface area contributed by atoms with Crippen LogP contribution in [0.4, 0.5) is 10.5 Å². The number of nitrogens with zero attached hydrogens (tertiary/aromatic N) is 1. The number of urea groups is 1. The summed E-state index contributed by atoms with van der Waals surface area (Å²) in [7, 11) is 4.40. The van der Waals surface area contributed by atoms with Crippen LogP contribution in [0.15, 0.2) is 40.4 Å². The number of hydrogen-bond donors (Lipinski definition) is 1. The number of hydrogen-bond acceptors (Lipinski definition) is 6. The number of rotatable bonds is 5. The SMILES string of the molecule is COc1cc(/C=C2\C(=O)NC(=O)N(c3ccc(Br)c(C)c3)C2=O)cc(OC)c1OC. The summed E-state index contributed by atoms with van der Waals surface area (Å²) in [5.74, 6) is -0.417. The number of carbonyl (C=O) groups excluding carboxylic acids is 3. The molecule has 1 aliphatic rings. The molecule has 0 aromatic heterocycles. The van der Waals surface area contributed by atoms with Crippen molar-refractivity contribution in [2.75, 3.05) is 26.2 Å². The van der Waals surface area contributed by atoms with Crippen molar-refractivity contribution in [3.63, 3.8) is 0 Å². The lowest BCUT2D eigenvalue weighted by Crippen LogP contribution is -2.54. The fourth-order valence-electron chi connectivity index (χ4n) is 3.01. The molecule has 2 aromatic rings. The van der Waals surface area contributed by atoms with Gasteiger partial charge in [-0.05, 0) is 54.5 Å². The van der Waals surface area contributed by atoms with Crippen LogP contribution in [-0.2, 0) is 9.59 Å². The number of aryl methyl sites for hydroxylation is 1. The minimum Gasteiger partial charge on any atom is -0.493 e. The molecule has 2 aromatic carbocycles. The van der Waals surface area contributed by atoms with Crippen molar-refractivity contribution in [1.29, 1.82) is 0 Å². The molecular formula is C21H19BrN2O6. The number of amides is 4. The first-order chi connectivity index (χ1) is 14.3. The molecule has 0 aliphatic carbocycles. The van der Waals surface area contributed by atoms with Gasteiger partial charge < -0.3 is 14.2 Å². The van der Waals surface area contributed by atoms with E-state index in [0.717, 1.165) is 14.9 Å². The van der Waals surface area contributed by atoms with E-state index in [2.05, 4.69) is 21.2 Å². The third-order valence-corrected chi connectivity index (χ3v) is 5.39. The van der Waals surface area contributed by atoms with Gasteiger partial charge in [0.25, 0.3) is 11.8 Å². The zero-order valence-corrected chi connectivity index (χ0v) is 18.3. The monoisotopic (exact) mass is 474 g/mol.